The zero-order chi connectivity index (χ0) is 15.7. The first-order valence-corrected chi connectivity index (χ1v) is 6.29. The Morgan fingerprint density at radius 2 is 2.05 bits per heavy atom. The van der Waals surface area contributed by atoms with Crippen LogP contribution in [0.15, 0.2) is 0 Å². The van der Waals surface area contributed by atoms with Crippen LogP contribution in [-0.2, 0) is 9.47 Å². The Balaban J connectivity index is 2.56. The number of hydrazine groups is 1. The fourth-order valence-corrected chi connectivity index (χ4v) is 1.52. The molecule has 0 aromatic carbocycles. The molecule has 0 bridgehead atoms. The Labute approximate surface area is 121 Å². The third kappa shape index (κ3) is 5.45. The van der Waals surface area contributed by atoms with E-state index in [9.17, 15) is 10.1 Å². The quantitative estimate of drug-likeness (QED) is 0.272. The highest BCUT2D eigenvalue weighted by atomic mass is 16.6. The Hall–Kier alpha value is -2.04. The van der Waals surface area contributed by atoms with Gasteiger partial charge in [0.25, 0.3) is 5.88 Å². The Morgan fingerprint density at radius 1 is 1.29 bits per heavy atom. The fraction of sp³-hybridized carbons (Fsp3) is 0.636. The molecular weight excluding hydrogens is 282 g/mol. The predicted octanol–water partition coefficient (Wildman–Crippen LogP) is 0.411. The molecule has 0 aliphatic carbocycles. The number of nitrogens with zero attached hydrogens (tertiary/aromatic N) is 3. The summed E-state index contributed by atoms with van der Waals surface area (Å²) in [7, 11) is 1.61. The molecule has 0 amide bonds. The van der Waals surface area contributed by atoms with E-state index in [4.69, 9.17) is 20.1 Å². The molecule has 1 heterocycles. The van der Waals surface area contributed by atoms with Crippen LogP contribution >= 0.6 is 0 Å². The van der Waals surface area contributed by atoms with Crippen molar-refractivity contribution in [2.24, 2.45) is 5.84 Å². The molecule has 0 spiro atoms. The van der Waals surface area contributed by atoms with Gasteiger partial charge in [-0.3, -0.25) is 15.5 Å². The molecule has 0 saturated carbocycles. The summed E-state index contributed by atoms with van der Waals surface area (Å²) >= 11 is 0. The molecule has 0 atom stereocenters. The highest BCUT2D eigenvalue weighted by Gasteiger charge is 2.23. The molecule has 1 aromatic rings. The molecule has 0 aliphatic heterocycles. The van der Waals surface area contributed by atoms with Crippen molar-refractivity contribution in [2.45, 2.75) is 13.3 Å². The van der Waals surface area contributed by atoms with Crippen molar-refractivity contribution in [2.75, 3.05) is 39.0 Å². The lowest BCUT2D eigenvalue weighted by Gasteiger charge is -2.09. The molecule has 118 valence electrons. The number of aromatic nitrogens is 2. The summed E-state index contributed by atoms with van der Waals surface area (Å²) in [6, 6.07) is 0. The highest BCUT2D eigenvalue weighted by molar-refractivity contribution is 5.48. The number of rotatable bonds is 10. The van der Waals surface area contributed by atoms with Gasteiger partial charge in [-0.15, -0.1) is 0 Å². The van der Waals surface area contributed by atoms with Crippen LogP contribution in [-0.4, -0.2) is 48.4 Å². The lowest BCUT2D eigenvalue weighted by molar-refractivity contribution is -0.387. The van der Waals surface area contributed by atoms with Crippen LogP contribution in [0.2, 0.25) is 0 Å². The van der Waals surface area contributed by atoms with Crippen LogP contribution in [0.1, 0.15) is 12.1 Å². The summed E-state index contributed by atoms with van der Waals surface area (Å²) in [6.45, 7) is 3.04. The van der Waals surface area contributed by atoms with Gasteiger partial charge in [0.1, 0.15) is 12.3 Å². The zero-order valence-electron chi connectivity index (χ0n) is 12.0. The van der Waals surface area contributed by atoms with E-state index in [0.29, 0.717) is 13.2 Å². The van der Waals surface area contributed by atoms with E-state index in [1.807, 2.05) is 0 Å². The number of nitrogens with one attached hydrogen (secondary N) is 1. The molecule has 0 unspecified atom stereocenters. The fourth-order valence-electron chi connectivity index (χ4n) is 1.52. The molecule has 1 rings (SSSR count). The maximum Gasteiger partial charge on any atom is 0.352 e. The van der Waals surface area contributed by atoms with Gasteiger partial charge in [0, 0.05) is 20.3 Å². The summed E-state index contributed by atoms with van der Waals surface area (Å²) in [5.41, 5.74) is 2.11. The Bertz CT molecular complexity index is 471. The average molecular weight is 301 g/mol. The molecule has 3 N–H and O–H groups in total. The second-order valence-electron chi connectivity index (χ2n) is 4.00. The van der Waals surface area contributed by atoms with E-state index < -0.39 is 4.92 Å². The molecule has 0 radical (unpaired) electrons. The van der Waals surface area contributed by atoms with Crippen LogP contribution < -0.4 is 16.0 Å². The Morgan fingerprint density at radius 3 is 2.67 bits per heavy atom. The number of ether oxygens (including phenoxy) is 3. The molecule has 10 heteroatoms. The van der Waals surface area contributed by atoms with Crippen molar-refractivity contribution in [1.82, 2.24) is 9.97 Å². The van der Waals surface area contributed by atoms with Gasteiger partial charge in [0.15, 0.2) is 0 Å². The van der Waals surface area contributed by atoms with E-state index in [2.05, 4.69) is 15.4 Å². The second kappa shape index (κ2) is 9.00. The van der Waals surface area contributed by atoms with Crippen LogP contribution in [0.25, 0.3) is 0 Å². The van der Waals surface area contributed by atoms with Crippen LogP contribution in [0.3, 0.4) is 0 Å². The summed E-state index contributed by atoms with van der Waals surface area (Å²) < 4.78 is 15.4. The SMILES string of the molecule is COCCCOCCOc1nc(NN)nc(C)c1[N+](=O)[O-]. The van der Waals surface area contributed by atoms with E-state index in [1.54, 1.807) is 7.11 Å². The van der Waals surface area contributed by atoms with Crippen molar-refractivity contribution in [3.8, 4) is 5.88 Å². The van der Waals surface area contributed by atoms with Gasteiger partial charge in [0.05, 0.1) is 11.5 Å². The van der Waals surface area contributed by atoms with Gasteiger partial charge < -0.3 is 14.2 Å². The number of methoxy groups -OCH3 is 1. The van der Waals surface area contributed by atoms with Gasteiger partial charge in [-0.05, 0) is 13.3 Å². The number of nitro groups is 1. The van der Waals surface area contributed by atoms with Crippen molar-refractivity contribution < 1.29 is 19.1 Å². The number of nitrogen functional groups attached to an aromatic ring is 1. The van der Waals surface area contributed by atoms with Gasteiger partial charge in [0.2, 0.25) is 5.95 Å². The second-order valence-corrected chi connectivity index (χ2v) is 4.00. The summed E-state index contributed by atoms with van der Waals surface area (Å²) in [5, 5.41) is 11.0. The molecule has 0 fully saturated rings. The summed E-state index contributed by atoms with van der Waals surface area (Å²) in [5.74, 6) is 5.11. The highest BCUT2D eigenvalue weighted by Crippen LogP contribution is 2.28. The van der Waals surface area contributed by atoms with Gasteiger partial charge in [-0.2, -0.15) is 4.98 Å². The van der Waals surface area contributed by atoms with Gasteiger partial charge in [-0.1, -0.05) is 0 Å². The maximum absolute atomic E-state index is 11.0. The summed E-state index contributed by atoms with van der Waals surface area (Å²) in [6.07, 6.45) is 0.768. The molecule has 0 saturated heterocycles. The number of nitrogens with two attached hydrogens (primary N) is 1. The topological polar surface area (TPSA) is 135 Å². The first-order valence-electron chi connectivity index (χ1n) is 6.29. The molecule has 10 nitrogen and oxygen atoms in total. The summed E-state index contributed by atoms with van der Waals surface area (Å²) in [4.78, 5) is 18.1. The average Bonchev–Trinajstić information content (AvgIpc) is 2.45. The monoisotopic (exact) mass is 301 g/mol. The van der Waals surface area contributed by atoms with Crippen LogP contribution in [0, 0.1) is 17.0 Å². The Kier molecular flexibility index (Phi) is 7.29. The standard InChI is InChI=1S/C11H19N5O5/c1-8-9(16(17)18)10(14-11(13-8)15-12)21-7-6-20-5-3-4-19-2/h3-7,12H2,1-2H3,(H,13,14,15). The number of aryl methyl sites for hydroxylation is 1. The maximum atomic E-state index is 11.0. The minimum atomic E-state index is -0.593. The lowest BCUT2D eigenvalue weighted by Crippen LogP contribution is -2.15. The van der Waals surface area contributed by atoms with Crippen molar-refractivity contribution >= 4 is 11.6 Å². The van der Waals surface area contributed by atoms with Crippen molar-refractivity contribution in [3.05, 3.63) is 15.8 Å². The number of hydrogen-bond acceptors (Lipinski definition) is 9. The first-order chi connectivity index (χ1) is 10.1. The van der Waals surface area contributed by atoms with Crippen LogP contribution in [0.5, 0.6) is 5.88 Å². The third-order valence-corrected chi connectivity index (χ3v) is 2.44. The normalized spacial score (nSPS) is 10.4. The molecular formula is C11H19N5O5. The van der Waals surface area contributed by atoms with E-state index in [0.717, 1.165) is 6.42 Å². The first kappa shape index (κ1) is 17.0. The largest absolute Gasteiger partial charge is 0.470 e. The van der Waals surface area contributed by atoms with E-state index in [-0.39, 0.29) is 36.4 Å². The minimum Gasteiger partial charge on any atom is -0.470 e. The van der Waals surface area contributed by atoms with Crippen molar-refractivity contribution in [3.63, 3.8) is 0 Å². The number of hydrogen-bond donors (Lipinski definition) is 2. The van der Waals surface area contributed by atoms with Gasteiger partial charge >= 0.3 is 5.69 Å². The van der Waals surface area contributed by atoms with Gasteiger partial charge in [-0.25, -0.2) is 10.8 Å². The van der Waals surface area contributed by atoms with Crippen LogP contribution in [0.4, 0.5) is 11.6 Å². The van der Waals surface area contributed by atoms with E-state index >= 15 is 0 Å². The third-order valence-electron chi connectivity index (χ3n) is 2.44. The molecule has 0 aliphatic rings. The van der Waals surface area contributed by atoms with Crippen molar-refractivity contribution in [1.29, 1.82) is 0 Å². The molecule has 21 heavy (non-hydrogen) atoms. The lowest BCUT2D eigenvalue weighted by atomic mass is 10.3. The predicted molar refractivity (Wildman–Crippen MR) is 74.0 cm³/mol. The molecule has 1 aromatic heterocycles. The van der Waals surface area contributed by atoms with E-state index in [1.165, 1.54) is 6.92 Å². The number of anilines is 1. The minimum absolute atomic E-state index is 0.0501. The zero-order valence-corrected chi connectivity index (χ0v) is 12.0. The smallest absolute Gasteiger partial charge is 0.352 e.